The monoisotopic (exact) mass is 474 g/mol. The number of nitrogens with one attached hydrogen (secondary N) is 2. The van der Waals surface area contributed by atoms with Crippen LogP contribution in [0.1, 0.15) is 61.0 Å². The van der Waals surface area contributed by atoms with Crippen molar-refractivity contribution in [2.75, 3.05) is 13.1 Å². The van der Waals surface area contributed by atoms with E-state index in [-0.39, 0.29) is 0 Å². The SMILES string of the molecule is Cc1cccc(C2=C(c3ccc4ncc(C5=CCCC6(CCNCC6)CC5)cc4c3)C=CC=CN2)n1. The first-order valence-electron chi connectivity index (χ1n) is 13.3. The second kappa shape index (κ2) is 9.87. The summed E-state index contributed by atoms with van der Waals surface area (Å²) in [7, 11) is 0. The van der Waals surface area contributed by atoms with E-state index in [1.807, 2.05) is 25.3 Å². The van der Waals surface area contributed by atoms with Crippen LogP contribution in [0.15, 0.2) is 79.2 Å². The number of aryl methyl sites for hydroxylation is 1. The molecule has 2 aliphatic heterocycles. The Bertz CT molecular complexity index is 1400. The lowest BCUT2D eigenvalue weighted by Gasteiger charge is -2.37. The van der Waals surface area contributed by atoms with Gasteiger partial charge in [-0.25, -0.2) is 0 Å². The molecule has 4 nitrogen and oxygen atoms in total. The fourth-order valence-corrected chi connectivity index (χ4v) is 6.01. The Kier molecular flexibility index (Phi) is 6.28. The highest BCUT2D eigenvalue weighted by Crippen LogP contribution is 2.43. The zero-order chi connectivity index (χ0) is 24.4. The van der Waals surface area contributed by atoms with Crippen molar-refractivity contribution in [3.05, 3.63) is 102 Å². The smallest absolute Gasteiger partial charge is 0.0873 e. The van der Waals surface area contributed by atoms with Crippen molar-refractivity contribution in [1.82, 2.24) is 20.6 Å². The number of hydrogen-bond donors (Lipinski definition) is 2. The minimum absolute atomic E-state index is 0.528. The Morgan fingerprint density at radius 2 is 1.81 bits per heavy atom. The van der Waals surface area contributed by atoms with Crippen molar-refractivity contribution in [2.24, 2.45) is 5.41 Å². The van der Waals surface area contributed by atoms with Gasteiger partial charge in [-0.1, -0.05) is 30.4 Å². The van der Waals surface area contributed by atoms with Gasteiger partial charge in [0.2, 0.25) is 0 Å². The number of piperidine rings is 1. The zero-order valence-corrected chi connectivity index (χ0v) is 21.1. The van der Waals surface area contributed by atoms with E-state index in [4.69, 9.17) is 9.97 Å². The van der Waals surface area contributed by atoms with Crippen LogP contribution in [0.3, 0.4) is 0 Å². The van der Waals surface area contributed by atoms with Crippen LogP contribution in [0.2, 0.25) is 0 Å². The third kappa shape index (κ3) is 4.66. The van der Waals surface area contributed by atoms with Gasteiger partial charge in [-0.2, -0.15) is 0 Å². The molecule has 182 valence electrons. The van der Waals surface area contributed by atoms with E-state index in [1.54, 1.807) is 0 Å². The van der Waals surface area contributed by atoms with Crippen molar-refractivity contribution in [2.45, 2.75) is 45.4 Å². The first-order valence-corrected chi connectivity index (χ1v) is 13.3. The van der Waals surface area contributed by atoms with Crippen LogP contribution >= 0.6 is 0 Å². The number of allylic oxidation sites excluding steroid dienone is 6. The third-order valence-corrected chi connectivity index (χ3v) is 8.13. The standard InChI is InChI=1S/C32H34N4/c1-23-6-4-9-30(36-23)31-28(8-2-3-17-34-31)25-10-11-29-26(20-25)21-27(22-35-29)24-7-5-13-32(14-12-24)15-18-33-19-16-32/h2-4,6-11,17,20-22,33-34H,5,12-16,18-19H2,1H3. The Morgan fingerprint density at radius 1 is 0.917 bits per heavy atom. The summed E-state index contributed by atoms with van der Waals surface area (Å²) in [4.78, 5) is 9.64. The number of pyridine rings is 2. The molecule has 4 heterocycles. The summed E-state index contributed by atoms with van der Waals surface area (Å²) >= 11 is 0. The highest BCUT2D eigenvalue weighted by Gasteiger charge is 2.32. The summed E-state index contributed by atoms with van der Waals surface area (Å²) < 4.78 is 0. The molecule has 2 N–H and O–H groups in total. The van der Waals surface area contributed by atoms with Gasteiger partial charge in [-0.05, 0) is 117 Å². The van der Waals surface area contributed by atoms with Crippen molar-refractivity contribution in [1.29, 1.82) is 0 Å². The average molecular weight is 475 g/mol. The molecule has 0 atom stereocenters. The molecule has 1 saturated heterocycles. The number of aromatic nitrogens is 2. The van der Waals surface area contributed by atoms with Crippen LogP contribution in [-0.2, 0) is 0 Å². The molecule has 1 spiro atoms. The summed E-state index contributed by atoms with van der Waals surface area (Å²) in [5.41, 5.74) is 9.57. The van der Waals surface area contributed by atoms with Crippen molar-refractivity contribution >= 4 is 27.7 Å². The molecule has 1 aliphatic carbocycles. The molecular weight excluding hydrogens is 440 g/mol. The van der Waals surface area contributed by atoms with Crippen LogP contribution < -0.4 is 10.6 Å². The van der Waals surface area contributed by atoms with Crippen molar-refractivity contribution in [3.8, 4) is 0 Å². The maximum Gasteiger partial charge on any atom is 0.0873 e. The first-order chi connectivity index (χ1) is 17.7. The van der Waals surface area contributed by atoms with Crippen LogP contribution in [0.25, 0.3) is 27.7 Å². The highest BCUT2D eigenvalue weighted by molar-refractivity contribution is 5.97. The second-order valence-electron chi connectivity index (χ2n) is 10.5. The topological polar surface area (TPSA) is 49.8 Å². The molecule has 0 saturated carbocycles. The second-order valence-corrected chi connectivity index (χ2v) is 10.5. The van der Waals surface area contributed by atoms with Crippen molar-refractivity contribution in [3.63, 3.8) is 0 Å². The summed E-state index contributed by atoms with van der Waals surface area (Å²) in [5.74, 6) is 0. The van der Waals surface area contributed by atoms with Gasteiger partial charge >= 0.3 is 0 Å². The normalized spacial score (nSPS) is 19.6. The molecule has 3 aliphatic rings. The van der Waals surface area contributed by atoms with Gasteiger partial charge in [0.05, 0.1) is 16.9 Å². The van der Waals surface area contributed by atoms with Gasteiger partial charge in [0.1, 0.15) is 0 Å². The summed E-state index contributed by atoms with van der Waals surface area (Å²) in [5, 5.41) is 8.19. The largest absolute Gasteiger partial charge is 0.359 e. The fourth-order valence-electron chi connectivity index (χ4n) is 6.01. The first kappa shape index (κ1) is 22.9. The lowest BCUT2D eigenvalue weighted by atomic mass is 9.72. The number of fused-ring (bicyclic) bond motifs is 1. The van der Waals surface area contributed by atoms with Crippen LogP contribution in [0.4, 0.5) is 0 Å². The molecular formula is C32H34N4. The van der Waals surface area contributed by atoms with Crippen molar-refractivity contribution < 1.29 is 0 Å². The minimum Gasteiger partial charge on any atom is -0.359 e. The van der Waals surface area contributed by atoms with E-state index in [9.17, 15) is 0 Å². The third-order valence-electron chi connectivity index (χ3n) is 8.13. The van der Waals surface area contributed by atoms with E-state index in [1.165, 1.54) is 61.7 Å². The number of benzene rings is 1. The van der Waals surface area contributed by atoms with Crippen LogP contribution in [0.5, 0.6) is 0 Å². The van der Waals surface area contributed by atoms with E-state index in [2.05, 4.69) is 71.5 Å². The summed E-state index contributed by atoms with van der Waals surface area (Å²) in [6.07, 6.45) is 20.4. The molecule has 36 heavy (non-hydrogen) atoms. The Hall–Kier alpha value is -3.50. The van der Waals surface area contributed by atoms with Gasteiger partial charge in [0.15, 0.2) is 0 Å². The van der Waals surface area contributed by atoms with Gasteiger partial charge in [-0.15, -0.1) is 0 Å². The molecule has 1 fully saturated rings. The Labute approximate surface area is 214 Å². The number of hydrogen-bond acceptors (Lipinski definition) is 4. The lowest BCUT2D eigenvalue weighted by Crippen LogP contribution is -2.36. The van der Waals surface area contributed by atoms with Gasteiger partial charge < -0.3 is 10.6 Å². The van der Waals surface area contributed by atoms with E-state index in [0.29, 0.717) is 5.41 Å². The van der Waals surface area contributed by atoms with E-state index < -0.39 is 0 Å². The van der Waals surface area contributed by atoms with Gasteiger partial charge in [0, 0.05) is 29.1 Å². The molecule has 6 rings (SSSR count). The van der Waals surface area contributed by atoms with Gasteiger partial charge in [0.25, 0.3) is 0 Å². The summed E-state index contributed by atoms with van der Waals surface area (Å²) in [6.45, 7) is 4.37. The predicted molar refractivity (Wildman–Crippen MR) is 150 cm³/mol. The molecule has 0 radical (unpaired) electrons. The summed E-state index contributed by atoms with van der Waals surface area (Å²) in [6, 6.07) is 15.1. The highest BCUT2D eigenvalue weighted by atomic mass is 14.9. The Balaban J connectivity index is 1.35. The molecule has 1 aromatic carbocycles. The van der Waals surface area contributed by atoms with Gasteiger partial charge in [-0.3, -0.25) is 9.97 Å². The fraction of sp³-hybridized carbons (Fsp3) is 0.312. The number of rotatable bonds is 3. The predicted octanol–water partition coefficient (Wildman–Crippen LogP) is 6.81. The van der Waals surface area contributed by atoms with Crippen LogP contribution in [-0.4, -0.2) is 23.1 Å². The maximum atomic E-state index is 4.86. The molecule has 3 aromatic rings. The minimum atomic E-state index is 0.528. The zero-order valence-electron chi connectivity index (χ0n) is 21.1. The maximum absolute atomic E-state index is 4.86. The quantitative estimate of drug-likeness (QED) is 0.438. The number of nitrogens with zero attached hydrogens (tertiary/aromatic N) is 2. The molecule has 4 heteroatoms. The molecule has 0 bridgehead atoms. The Morgan fingerprint density at radius 3 is 2.69 bits per heavy atom. The lowest BCUT2D eigenvalue weighted by molar-refractivity contribution is 0.175. The average Bonchev–Trinajstić information content (AvgIpc) is 3.28. The van der Waals surface area contributed by atoms with E-state index in [0.717, 1.165) is 40.2 Å². The molecule has 2 aromatic heterocycles. The molecule has 0 amide bonds. The van der Waals surface area contributed by atoms with E-state index >= 15 is 0 Å². The van der Waals surface area contributed by atoms with Crippen LogP contribution in [0, 0.1) is 12.3 Å². The molecule has 0 unspecified atom stereocenters.